The van der Waals surface area contributed by atoms with Crippen LogP contribution in [0.1, 0.15) is 32.5 Å². The lowest BCUT2D eigenvalue weighted by atomic mass is 9.99. The van der Waals surface area contributed by atoms with Crippen molar-refractivity contribution in [2.75, 3.05) is 45.0 Å². The normalized spacial score (nSPS) is 30.2. The molecular weight excluding hydrogens is 1110 g/mol. The van der Waals surface area contributed by atoms with Gasteiger partial charge in [-0.2, -0.15) is 8.62 Å². The van der Waals surface area contributed by atoms with E-state index < -0.39 is 147 Å². The Morgan fingerprint density at radius 3 is 2.13 bits per heavy atom. The molecule has 3 aliphatic heterocycles. The van der Waals surface area contributed by atoms with Gasteiger partial charge in [-0.05, 0) is 13.8 Å². The van der Waals surface area contributed by atoms with Gasteiger partial charge in [0.2, 0.25) is 11.7 Å². The summed E-state index contributed by atoms with van der Waals surface area (Å²) in [6, 6.07) is 0.916. The van der Waals surface area contributed by atoms with Crippen LogP contribution in [0, 0.1) is 5.92 Å². The van der Waals surface area contributed by atoms with Crippen LogP contribution in [0.15, 0.2) is 45.6 Å². The molecule has 3 aliphatic rings. The summed E-state index contributed by atoms with van der Waals surface area (Å²) in [6.45, 7) is -0.222. The lowest BCUT2D eigenvalue weighted by molar-refractivity contribution is -0.745. The number of H-pyrrole nitrogens is 2. The van der Waals surface area contributed by atoms with E-state index in [0.717, 1.165) is 36.6 Å². The van der Waals surface area contributed by atoms with Crippen LogP contribution in [-0.2, 0) is 75.7 Å². The minimum Gasteiger partial charge on any atom is -0.756 e. The van der Waals surface area contributed by atoms with Crippen molar-refractivity contribution < 1.29 is 108 Å². The number of ether oxygens (including phenoxy) is 5. The fourth-order valence-electron chi connectivity index (χ4n) is 8.38. The van der Waals surface area contributed by atoms with E-state index in [1.54, 1.807) is 13.8 Å². The second-order valence-corrected chi connectivity index (χ2v) is 23.2. The van der Waals surface area contributed by atoms with Gasteiger partial charge in [-0.25, -0.2) is 38.0 Å². The molecule has 0 aromatic carbocycles. The highest BCUT2D eigenvalue weighted by molar-refractivity contribution is 7.66. The number of aryl methyl sites for hydroxylation is 1. The average molecular weight is 1160 g/mol. The van der Waals surface area contributed by atoms with Crippen LogP contribution < -0.4 is 37.7 Å². The molecule has 12 N–H and O–H groups in total. The largest absolute Gasteiger partial charge is 0.756 e. The van der Waals surface area contributed by atoms with Gasteiger partial charge >= 0.3 is 34.8 Å². The van der Waals surface area contributed by atoms with Gasteiger partial charge in [0, 0.05) is 25.3 Å². The Kier molecular flexibility index (Phi) is 16.9. The van der Waals surface area contributed by atoms with Crippen molar-refractivity contribution in [1.82, 2.24) is 43.6 Å². The quantitative estimate of drug-likeness (QED) is 0.0234. The monoisotopic (exact) mass is 1160 g/mol. The first kappa shape index (κ1) is 57.6. The third-order valence-electron chi connectivity index (χ3n) is 11.8. The highest BCUT2D eigenvalue weighted by atomic mass is 31.3. The van der Waals surface area contributed by atoms with Gasteiger partial charge in [0.05, 0.1) is 52.0 Å². The number of aromatic nitrogens is 10. The van der Waals surface area contributed by atoms with Crippen molar-refractivity contribution in [2.24, 2.45) is 13.0 Å². The van der Waals surface area contributed by atoms with E-state index in [2.05, 4.69) is 33.5 Å². The molecule has 3 fully saturated rings. The molecule has 5 aromatic rings. The average Bonchev–Trinajstić information content (AvgIpc) is 4.12. The van der Waals surface area contributed by atoms with E-state index in [4.69, 9.17) is 53.2 Å². The number of nitrogens with two attached hydrogens (primary N) is 2. The first-order chi connectivity index (χ1) is 35.6. The molecule has 16 atom stereocenters. The van der Waals surface area contributed by atoms with E-state index in [9.17, 15) is 67.5 Å². The lowest BCUT2D eigenvalue weighted by Crippen LogP contribution is -2.45. The predicted molar refractivity (Wildman–Crippen MR) is 244 cm³/mol. The molecule has 8 rings (SSSR count). The van der Waals surface area contributed by atoms with Gasteiger partial charge in [-0.3, -0.25) is 46.9 Å². The number of imidazole rings is 2. The number of aliphatic hydroxyl groups excluding tert-OH is 3. The van der Waals surface area contributed by atoms with Crippen molar-refractivity contribution in [3.05, 3.63) is 62.4 Å². The Balaban J connectivity index is 0.945. The minimum atomic E-state index is -6.20. The van der Waals surface area contributed by atoms with Crippen LogP contribution in [0.2, 0.25) is 0 Å². The van der Waals surface area contributed by atoms with Gasteiger partial charge in [0.25, 0.3) is 24.9 Å². The topological polar surface area (TPSA) is 519 Å². The Morgan fingerprint density at radius 1 is 0.816 bits per heavy atom. The van der Waals surface area contributed by atoms with Crippen molar-refractivity contribution in [1.29, 1.82) is 0 Å². The van der Waals surface area contributed by atoms with Gasteiger partial charge < -0.3 is 79.1 Å². The van der Waals surface area contributed by atoms with Crippen molar-refractivity contribution >= 4 is 65.4 Å². The Morgan fingerprint density at radius 2 is 1.47 bits per heavy atom. The number of aliphatic hydroxyl groups is 3. The molecule has 0 amide bonds. The first-order valence-corrected chi connectivity index (χ1v) is 28.0. The summed E-state index contributed by atoms with van der Waals surface area (Å²) in [5, 5.41) is 32.7. The minimum absolute atomic E-state index is 0.00648. The number of methoxy groups -OCH3 is 1. The number of nitrogens with zero attached hydrogens (tertiary/aromatic N) is 8. The number of hydrogen-bond acceptors (Lipinski definition) is 28. The number of phosphoric ester groups is 3. The molecule has 420 valence electrons. The standard InChI is InChI=1S/C35H50N12O25P4/c1-14(2)63-7-15-16(67-31(22(15)49)47-13-44(3)21-29(47)42-34(37)43-30(21)52)8-65-74(56,57)71-76(60,61)72-75(58,59)66-10-18-25(26(62-4)33(69-18)46-12-40-20-27(36)38-11-39-28(20)46)70-73(54,55)64-9-17-23(50)24(51)32(68-17)45-6-5-19(48)41-35(45)53/h5-6,11-18,22-26,31-33,49-51H,7-10H2,1-4H3,(H9-,36,37,38,39,41,42,43,48,52,53,54,55,56,57,58,59,60,61)/t15-,16-,17-,18-,22-,23-,24-,25-,26-,31-,32-,33-/m1/s1. The van der Waals surface area contributed by atoms with Crippen LogP contribution in [-0.4, -0.2) is 162 Å². The van der Waals surface area contributed by atoms with Crippen molar-refractivity contribution in [2.45, 2.75) is 87.5 Å². The maximum Gasteiger partial charge on any atom is 0.490 e. The smallest absolute Gasteiger partial charge is 0.490 e. The summed E-state index contributed by atoms with van der Waals surface area (Å²) in [5.74, 6) is -1.42. The Bertz CT molecular complexity index is 3320. The van der Waals surface area contributed by atoms with Gasteiger partial charge in [-0.15, -0.1) is 0 Å². The van der Waals surface area contributed by atoms with Gasteiger partial charge in [0.1, 0.15) is 54.6 Å². The molecular formula is C35H50N12O25P4. The zero-order chi connectivity index (χ0) is 55.4. The zero-order valence-corrected chi connectivity index (χ0v) is 43.3. The second-order valence-electron chi connectivity index (χ2n) is 17.2. The van der Waals surface area contributed by atoms with Gasteiger partial charge in [0.15, 0.2) is 30.2 Å². The number of nitrogen functional groups attached to an aromatic ring is 2. The van der Waals surface area contributed by atoms with Crippen molar-refractivity contribution in [3.8, 4) is 0 Å². The van der Waals surface area contributed by atoms with E-state index in [-0.39, 0.29) is 40.7 Å². The van der Waals surface area contributed by atoms with Crippen LogP contribution >= 0.6 is 31.3 Å². The van der Waals surface area contributed by atoms with Gasteiger partial charge in [-0.1, -0.05) is 4.98 Å². The number of nitrogens with one attached hydrogen (secondary N) is 2. The summed E-state index contributed by atoms with van der Waals surface area (Å²) < 4.78 is 115. The maximum atomic E-state index is 13.5. The SMILES string of the molecule is CO[C@@H]1[C@H](OP(=O)([O-])OC[C@H]2O[C@@H](n3ccc(=O)[nH]c3=O)[C@H](O)[C@@H]2O)[C@@H](COP(=O)(O)OP(=O)(O)OP(=O)(O)OC[C@H]2O[C@@H]([n+]3cn(C)c4c(=O)[nH]c(N)nc43)[C@H](O)[C@@H]2COC(C)C)O[C@H]1n1cnc2c(N)ncnc21. The number of hydrogen-bond donors (Lipinski definition) is 10. The Hall–Kier alpha value is -4.62. The van der Waals surface area contributed by atoms with Crippen molar-refractivity contribution in [3.63, 3.8) is 0 Å². The molecule has 0 saturated carbocycles. The second kappa shape index (κ2) is 22.3. The summed E-state index contributed by atoms with van der Waals surface area (Å²) in [4.78, 5) is 102. The molecule has 0 spiro atoms. The molecule has 4 unspecified atom stereocenters. The molecule has 0 radical (unpaired) electrons. The maximum absolute atomic E-state index is 13.5. The molecule has 0 aliphatic carbocycles. The molecule has 3 saturated heterocycles. The lowest BCUT2D eigenvalue weighted by Gasteiger charge is -2.31. The number of aromatic amines is 2. The Labute approximate surface area is 424 Å². The van der Waals surface area contributed by atoms with E-state index in [1.165, 1.54) is 27.1 Å². The summed E-state index contributed by atoms with van der Waals surface area (Å²) in [7, 11) is -21.1. The predicted octanol–water partition coefficient (Wildman–Crippen LogP) is -3.83. The molecule has 0 bridgehead atoms. The van der Waals surface area contributed by atoms with E-state index in [0.29, 0.717) is 0 Å². The molecule has 8 heterocycles. The summed E-state index contributed by atoms with van der Waals surface area (Å²) in [6.07, 6.45) is -14.1. The zero-order valence-electron chi connectivity index (χ0n) is 39.7. The highest BCUT2D eigenvalue weighted by Gasteiger charge is 2.53. The number of rotatable bonds is 22. The fourth-order valence-corrected chi connectivity index (χ4v) is 12.8. The summed E-state index contributed by atoms with van der Waals surface area (Å²) in [5.41, 5.74) is 9.26. The number of anilines is 2. The third kappa shape index (κ3) is 12.5. The van der Waals surface area contributed by atoms with E-state index >= 15 is 0 Å². The highest BCUT2D eigenvalue weighted by Crippen LogP contribution is 2.68. The molecule has 5 aromatic heterocycles. The van der Waals surface area contributed by atoms with Crippen LogP contribution in [0.25, 0.3) is 22.3 Å². The number of fused-ring (bicyclic) bond motifs is 2. The van der Waals surface area contributed by atoms with Crippen LogP contribution in [0.4, 0.5) is 11.8 Å². The molecule has 76 heavy (non-hydrogen) atoms. The van der Waals surface area contributed by atoms with Crippen LogP contribution in [0.3, 0.4) is 0 Å². The summed E-state index contributed by atoms with van der Waals surface area (Å²) >= 11 is 0. The van der Waals surface area contributed by atoms with Crippen LogP contribution in [0.5, 0.6) is 0 Å². The third-order valence-corrected chi connectivity index (χ3v) is 17.0. The van der Waals surface area contributed by atoms with E-state index in [1.807, 2.05) is 4.98 Å². The molecule has 37 nitrogen and oxygen atoms in total. The first-order valence-electron chi connectivity index (χ1n) is 22.1. The molecule has 41 heteroatoms. The fraction of sp³-hybridized carbons (Fsp3) is 0.600. The number of phosphoric acid groups is 4.